The van der Waals surface area contributed by atoms with Crippen molar-refractivity contribution >= 4 is 17.5 Å². The van der Waals surface area contributed by atoms with Crippen LogP contribution < -0.4 is 24.8 Å². The molecule has 1 amide bonds. The maximum absolute atomic E-state index is 12.2. The summed E-state index contributed by atoms with van der Waals surface area (Å²) in [7, 11) is 1.58. The monoisotopic (exact) mass is 378 g/mol. The summed E-state index contributed by atoms with van der Waals surface area (Å²) in [5.41, 5.74) is 1.54. The van der Waals surface area contributed by atoms with Gasteiger partial charge in [-0.25, -0.2) is 0 Å². The largest absolute Gasteiger partial charge is 0.497 e. The van der Waals surface area contributed by atoms with Gasteiger partial charge in [0.05, 0.1) is 7.11 Å². The molecule has 0 unspecified atom stereocenters. The molecular formula is C20H18N4O4. The maximum atomic E-state index is 12.2. The standard InChI is InChI=1S/C20H18N4O4/c1-26-15-5-3-14(4-6-15)20(25)22-19-9-8-18(23-24-19)21-11-13-2-7-16-17(10-13)28-12-27-16/h2-10H,11-12H2,1H3,(H,21,23)(H,22,24,25). The second kappa shape index (κ2) is 7.83. The second-order valence-electron chi connectivity index (χ2n) is 6.03. The Morgan fingerprint density at radius 1 is 1.00 bits per heavy atom. The second-order valence-corrected chi connectivity index (χ2v) is 6.03. The predicted octanol–water partition coefficient (Wildman–Crippen LogP) is 3.08. The van der Waals surface area contributed by atoms with E-state index in [1.165, 1.54) is 0 Å². The van der Waals surface area contributed by atoms with E-state index < -0.39 is 0 Å². The number of carbonyl (C=O) groups excluding carboxylic acids is 1. The van der Waals surface area contributed by atoms with Gasteiger partial charge in [0, 0.05) is 12.1 Å². The van der Waals surface area contributed by atoms with E-state index in [9.17, 15) is 4.79 Å². The highest BCUT2D eigenvalue weighted by Crippen LogP contribution is 2.32. The van der Waals surface area contributed by atoms with Crippen LogP contribution in [0.25, 0.3) is 0 Å². The Bertz CT molecular complexity index is 975. The summed E-state index contributed by atoms with van der Waals surface area (Å²) in [6.45, 7) is 0.810. The van der Waals surface area contributed by atoms with Crippen molar-refractivity contribution in [3.8, 4) is 17.2 Å². The van der Waals surface area contributed by atoms with Crippen LogP contribution in [0.15, 0.2) is 54.6 Å². The fourth-order valence-electron chi connectivity index (χ4n) is 2.67. The molecule has 0 saturated heterocycles. The number of rotatable bonds is 6. The molecule has 0 spiro atoms. The number of carbonyl (C=O) groups is 1. The van der Waals surface area contributed by atoms with E-state index in [-0.39, 0.29) is 12.7 Å². The number of nitrogens with one attached hydrogen (secondary N) is 2. The molecule has 0 fully saturated rings. The molecule has 142 valence electrons. The van der Waals surface area contributed by atoms with Crippen LogP contribution in [0.1, 0.15) is 15.9 Å². The van der Waals surface area contributed by atoms with Crippen LogP contribution in [0, 0.1) is 0 Å². The highest BCUT2D eigenvalue weighted by molar-refractivity contribution is 6.03. The molecule has 2 N–H and O–H groups in total. The van der Waals surface area contributed by atoms with Gasteiger partial charge in [-0.2, -0.15) is 0 Å². The molecule has 0 aliphatic carbocycles. The fraction of sp³-hybridized carbons (Fsp3) is 0.150. The SMILES string of the molecule is COc1ccc(C(=O)Nc2ccc(NCc3ccc4c(c3)OCO4)nn2)cc1. The summed E-state index contributed by atoms with van der Waals surface area (Å²) in [6, 6.07) is 16.0. The Morgan fingerprint density at radius 3 is 2.50 bits per heavy atom. The third-order valence-electron chi connectivity index (χ3n) is 4.17. The van der Waals surface area contributed by atoms with Crippen molar-refractivity contribution in [1.82, 2.24) is 10.2 Å². The lowest BCUT2D eigenvalue weighted by molar-refractivity contribution is 0.102. The van der Waals surface area contributed by atoms with Crippen LogP contribution in [0.5, 0.6) is 17.2 Å². The summed E-state index contributed by atoms with van der Waals surface area (Å²) in [5.74, 6) is 2.88. The predicted molar refractivity (Wildman–Crippen MR) is 103 cm³/mol. The van der Waals surface area contributed by atoms with E-state index >= 15 is 0 Å². The van der Waals surface area contributed by atoms with Crippen molar-refractivity contribution in [2.24, 2.45) is 0 Å². The lowest BCUT2D eigenvalue weighted by Gasteiger charge is -2.08. The van der Waals surface area contributed by atoms with Gasteiger partial charge in [0.25, 0.3) is 5.91 Å². The average Bonchev–Trinajstić information content (AvgIpc) is 3.21. The summed E-state index contributed by atoms with van der Waals surface area (Å²) >= 11 is 0. The minimum absolute atomic E-state index is 0.251. The third kappa shape index (κ3) is 3.96. The topological polar surface area (TPSA) is 94.6 Å². The minimum Gasteiger partial charge on any atom is -0.497 e. The Labute approximate surface area is 161 Å². The first-order valence-corrected chi connectivity index (χ1v) is 8.63. The molecule has 1 aliphatic rings. The minimum atomic E-state index is -0.266. The number of ether oxygens (including phenoxy) is 3. The first kappa shape index (κ1) is 17.6. The molecule has 1 aromatic heterocycles. The van der Waals surface area contributed by atoms with Crippen molar-refractivity contribution in [1.29, 1.82) is 0 Å². The molecule has 2 aromatic carbocycles. The normalized spacial score (nSPS) is 11.8. The molecule has 0 atom stereocenters. The zero-order chi connectivity index (χ0) is 19.3. The Balaban J connectivity index is 1.33. The Morgan fingerprint density at radius 2 is 1.75 bits per heavy atom. The number of amides is 1. The molecule has 2 heterocycles. The van der Waals surface area contributed by atoms with E-state index in [1.807, 2.05) is 18.2 Å². The van der Waals surface area contributed by atoms with Crippen LogP contribution in [-0.4, -0.2) is 30.0 Å². The number of benzene rings is 2. The van der Waals surface area contributed by atoms with E-state index in [1.54, 1.807) is 43.5 Å². The van der Waals surface area contributed by atoms with Gasteiger partial charge >= 0.3 is 0 Å². The van der Waals surface area contributed by atoms with Crippen LogP contribution in [-0.2, 0) is 6.54 Å². The number of hydrogen-bond donors (Lipinski definition) is 2. The molecule has 8 nitrogen and oxygen atoms in total. The molecule has 28 heavy (non-hydrogen) atoms. The van der Waals surface area contributed by atoms with Crippen molar-refractivity contribution in [2.75, 3.05) is 24.5 Å². The van der Waals surface area contributed by atoms with E-state index in [0.717, 1.165) is 17.1 Å². The van der Waals surface area contributed by atoms with Crippen molar-refractivity contribution in [3.05, 3.63) is 65.7 Å². The van der Waals surface area contributed by atoms with Crippen molar-refractivity contribution in [3.63, 3.8) is 0 Å². The van der Waals surface area contributed by atoms with E-state index in [0.29, 0.717) is 29.5 Å². The van der Waals surface area contributed by atoms with Crippen LogP contribution in [0.4, 0.5) is 11.6 Å². The van der Waals surface area contributed by atoms with Crippen LogP contribution in [0.3, 0.4) is 0 Å². The van der Waals surface area contributed by atoms with Crippen LogP contribution in [0.2, 0.25) is 0 Å². The summed E-state index contributed by atoms with van der Waals surface area (Å²) in [5, 5.41) is 14.0. The first-order chi connectivity index (χ1) is 13.7. The summed E-state index contributed by atoms with van der Waals surface area (Å²) < 4.78 is 15.7. The lowest BCUT2D eigenvalue weighted by Crippen LogP contribution is -2.13. The van der Waals surface area contributed by atoms with Gasteiger partial charge in [0.1, 0.15) is 11.6 Å². The van der Waals surface area contributed by atoms with Gasteiger partial charge < -0.3 is 24.8 Å². The molecule has 0 bridgehead atoms. The van der Waals surface area contributed by atoms with Crippen molar-refractivity contribution in [2.45, 2.75) is 6.54 Å². The highest BCUT2D eigenvalue weighted by atomic mass is 16.7. The fourth-order valence-corrected chi connectivity index (χ4v) is 2.67. The molecule has 0 radical (unpaired) electrons. The average molecular weight is 378 g/mol. The van der Waals surface area contributed by atoms with Gasteiger partial charge in [-0.05, 0) is 54.1 Å². The quantitative estimate of drug-likeness (QED) is 0.681. The van der Waals surface area contributed by atoms with Crippen molar-refractivity contribution < 1.29 is 19.0 Å². The maximum Gasteiger partial charge on any atom is 0.256 e. The number of fused-ring (bicyclic) bond motifs is 1. The lowest BCUT2D eigenvalue weighted by atomic mass is 10.2. The van der Waals surface area contributed by atoms with Gasteiger partial charge in [-0.1, -0.05) is 6.07 Å². The number of aromatic nitrogens is 2. The number of hydrogen-bond acceptors (Lipinski definition) is 7. The Kier molecular flexibility index (Phi) is 4.92. The highest BCUT2D eigenvalue weighted by Gasteiger charge is 2.13. The number of anilines is 2. The smallest absolute Gasteiger partial charge is 0.256 e. The molecule has 4 rings (SSSR count). The van der Waals surface area contributed by atoms with Crippen LogP contribution >= 0.6 is 0 Å². The third-order valence-corrected chi connectivity index (χ3v) is 4.17. The van der Waals surface area contributed by atoms with Gasteiger partial charge in [-0.15, -0.1) is 10.2 Å². The van der Waals surface area contributed by atoms with Gasteiger partial charge in [0.15, 0.2) is 17.3 Å². The molecule has 1 aliphatic heterocycles. The number of nitrogens with zero attached hydrogens (tertiary/aromatic N) is 2. The Hall–Kier alpha value is -3.81. The summed E-state index contributed by atoms with van der Waals surface area (Å²) in [4.78, 5) is 12.2. The molecule has 0 saturated carbocycles. The number of methoxy groups -OCH3 is 1. The van der Waals surface area contributed by atoms with E-state index in [4.69, 9.17) is 14.2 Å². The molecule has 8 heteroatoms. The molecule has 3 aromatic rings. The first-order valence-electron chi connectivity index (χ1n) is 8.63. The zero-order valence-electron chi connectivity index (χ0n) is 15.1. The summed E-state index contributed by atoms with van der Waals surface area (Å²) in [6.07, 6.45) is 0. The van der Waals surface area contributed by atoms with E-state index in [2.05, 4.69) is 20.8 Å². The van der Waals surface area contributed by atoms with Gasteiger partial charge in [0.2, 0.25) is 6.79 Å². The van der Waals surface area contributed by atoms with Gasteiger partial charge in [-0.3, -0.25) is 4.79 Å². The zero-order valence-corrected chi connectivity index (χ0v) is 15.1. The molecular weight excluding hydrogens is 360 g/mol.